The van der Waals surface area contributed by atoms with E-state index in [1.807, 2.05) is 6.07 Å². The molecule has 0 amide bonds. The van der Waals surface area contributed by atoms with Gasteiger partial charge in [0, 0.05) is 22.1 Å². The van der Waals surface area contributed by atoms with E-state index >= 15 is 0 Å². The number of aromatic nitrogens is 2. The predicted octanol–water partition coefficient (Wildman–Crippen LogP) is 14.1. The summed E-state index contributed by atoms with van der Waals surface area (Å²) >= 11 is 0. The quantitative estimate of drug-likeness (QED) is 0.171. The summed E-state index contributed by atoms with van der Waals surface area (Å²) in [4.78, 5) is 10.5. The zero-order valence-electron chi connectivity index (χ0n) is 30.7. The Morgan fingerprint density at radius 2 is 0.818 bits per heavy atom. The van der Waals surface area contributed by atoms with E-state index in [9.17, 15) is 0 Å². The van der Waals surface area contributed by atoms with Gasteiger partial charge >= 0.3 is 0 Å². The van der Waals surface area contributed by atoms with Gasteiger partial charge in [0.05, 0.1) is 11.4 Å². The highest BCUT2D eigenvalue weighted by Crippen LogP contribution is 2.50. The van der Waals surface area contributed by atoms with Gasteiger partial charge in [-0.1, -0.05) is 178 Å². The van der Waals surface area contributed by atoms with Crippen molar-refractivity contribution in [2.24, 2.45) is 0 Å². The number of hydrogen-bond donors (Lipinski definition) is 0. The Kier molecular flexibility index (Phi) is 6.93. The Morgan fingerprint density at radius 3 is 1.55 bits per heavy atom. The largest absolute Gasteiger partial charge is 0.228 e. The maximum Gasteiger partial charge on any atom is 0.160 e. The summed E-state index contributed by atoms with van der Waals surface area (Å²) in [6, 6.07) is 66.0. The molecule has 0 bridgehead atoms. The van der Waals surface area contributed by atoms with Crippen molar-refractivity contribution in [2.75, 3.05) is 0 Å². The van der Waals surface area contributed by atoms with Crippen LogP contribution in [0.3, 0.4) is 0 Å². The molecule has 0 radical (unpaired) electrons. The fraction of sp³-hybridized carbons (Fsp3) is 0.0566. The second-order valence-electron chi connectivity index (χ2n) is 15.3. The van der Waals surface area contributed by atoms with Gasteiger partial charge in [0.1, 0.15) is 0 Å². The molecule has 1 aromatic heterocycles. The molecule has 0 spiro atoms. The minimum atomic E-state index is -0.0645. The summed E-state index contributed by atoms with van der Waals surface area (Å²) in [7, 11) is 0. The van der Waals surface area contributed by atoms with Crippen LogP contribution in [0.2, 0.25) is 0 Å². The first-order valence-corrected chi connectivity index (χ1v) is 19.1. The van der Waals surface area contributed by atoms with E-state index in [0.717, 1.165) is 28.1 Å². The van der Waals surface area contributed by atoms with E-state index < -0.39 is 0 Å². The molecule has 2 heteroatoms. The molecule has 0 saturated carbocycles. The molecule has 55 heavy (non-hydrogen) atoms. The molecular formula is C53H36N2. The molecule has 2 nitrogen and oxygen atoms in total. The second kappa shape index (κ2) is 12.1. The lowest BCUT2D eigenvalue weighted by Gasteiger charge is -2.22. The van der Waals surface area contributed by atoms with E-state index in [0.29, 0.717) is 5.82 Å². The fourth-order valence-corrected chi connectivity index (χ4v) is 9.16. The first-order valence-electron chi connectivity index (χ1n) is 19.1. The lowest BCUT2D eigenvalue weighted by Crippen LogP contribution is -2.14. The third-order valence-electron chi connectivity index (χ3n) is 11.9. The van der Waals surface area contributed by atoms with E-state index in [1.165, 1.54) is 76.5 Å². The minimum Gasteiger partial charge on any atom is -0.228 e. The third kappa shape index (κ3) is 4.88. The molecule has 1 aliphatic rings. The van der Waals surface area contributed by atoms with Gasteiger partial charge in [-0.3, -0.25) is 0 Å². The molecule has 258 valence electrons. The molecule has 0 atom stereocenters. The lowest BCUT2D eigenvalue weighted by molar-refractivity contribution is 0.660. The number of rotatable bonds is 4. The maximum atomic E-state index is 5.28. The molecule has 11 rings (SSSR count). The first-order chi connectivity index (χ1) is 27.0. The van der Waals surface area contributed by atoms with Crippen LogP contribution < -0.4 is 0 Å². The van der Waals surface area contributed by atoms with Crippen LogP contribution in [0.25, 0.3) is 99.2 Å². The molecular weight excluding hydrogens is 665 g/mol. The number of nitrogens with zero attached hydrogens (tertiary/aromatic N) is 2. The van der Waals surface area contributed by atoms with Gasteiger partial charge in [0.25, 0.3) is 0 Å². The first kappa shape index (κ1) is 31.6. The molecule has 0 aliphatic heterocycles. The van der Waals surface area contributed by atoms with Crippen molar-refractivity contribution in [2.45, 2.75) is 19.3 Å². The molecule has 10 aromatic rings. The van der Waals surface area contributed by atoms with Crippen LogP contribution >= 0.6 is 0 Å². The lowest BCUT2D eigenvalue weighted by atomic mass is 9.81. The zero-order chi connectivity index (χ0) is 36.7. The summed E-state index contributed by atoms with van der Waals surface area (Å²) in [5.74, 6) is 0.713. The Labute approximate surface area is 320 Å². The van der Waals surface area contributed by atoms with Gasteiger partial charge in [-0.2, -0.15) is 0 Å². The molecule has 0 saturated heterocycles. The highest BCUT2D eigenvalue weighted by Gasteiger charge is 2.35. The van der Waals surface area contributed by atoms with Crippen LogP contribution in [-0.2, 0) is 5.41 Å². The summed E-state index contributed by atoms with van der Waals surface area (Å²) in [5, 5.41) is 9.90. The van der Waals surface area contributed by atoms with Gasteiger partial charge in [-0.25, -0.2) is 9.97 Å². The van der Waals surface area contributed by atoms with Crippen LogP contribution in [0.5, 0.6) is 0 Å². The average molecular weight is 701 g/mol. The molecule has 0 fully saturated rings. The summed E-state index contributed by atoms with van der Waals surface area (Å²) < 4.78 is 0. The standard InChI is InChI=1S/C53H36N2/c1-53(2)48-23-13-12-22-44(48)45-27-24-34(31-49(45)53)36-28-29-46(41-20-10-6-16-37(36)41)51-32-50(54-52(55-51)33-14-4-3-5-15-33)35-25-26-43-40-19-8-7-17-38(40)39-18-9-11-21-42(39)47(43)30-35/h3-32H,1-2H3. The van der Waals surface area contributed by atoms with Crippen molar-refractivity contribution in [1.82, 2.24) is 9.97 Å². The number of benzene rings is 9. The topological polar surface area (TPSA) is 25.8 Å². The van der Waals surface area contributed by atoms with Crippen LogP contribution in [0.4, 0.5) is 0 Å². The van der Waals surface area contributed by atoms with Crippen LogP contribution in [-0.4, -0.2) is 9.97 Å². The van der Waals surface area contributed by atoms with E-state index in [2.05, 4.69) is 190 Å². The van der Waals surface area contributed by atoms with Crippen molar-refractivity contribution in [1.29, 1.82) is 0 Å². The van der Waals surface area contributed by atoms with Crippen molar-refractivity contribution >= 4 is 43.1 Å². The van der Waals surface area contributed by atoms with E-state index in [4.69, 9.17) is 9.97 Å². The number of hydrogen-bond acceptors (Lipinski definition) is 2. The Balaban J connectivity index is 1.10. The summed E-state index contributed by atoms with van der Waals surface area (Å²) in [5.41, 5.74) is 12.8. The zero-order valence-corrected chi connectivity index (χ0v) is 30.7. The molecule has 9 aromatic carbocycles. The Morgan fingerprint density at radius 1 is 0.309 bits per heavy atom. The smallest absolute Gasteiger partial charge is 0.160 e. The number of fused-ring (bicyclic) bond motifs is 10. The van der Waals surface area contributed by atoms with Crippen molar-refractivity contribution < 1.29 is 0 Å². The van der Waals surface area contributed by atoms with Crippen LogP contribution in [0, 0.1) is 0 Å². The molecule has 1 aliphatic carbocycles. The normalized spacial score (nSPS) is 13.1. The summed E-state index contributed by atoms with van der Waals surface area (Å²) in [6.07, 6.45) is 0. The maximum absolute atomic E-state index is 5.28. The van der Waals surface area contributed by atoms with Crippen molar-refractivity contribution in [3.63, 3.8) is 0 Å². The average Bonchev–Trinajstić information content (AvgIpc) is 3.48. The minimum absolute atomic E-state index is 0.0645. The van der Waals surface area contributed by atoms with Gasteiger partial charge < -0.3 is 0 Å². The third-order valence-corrected chi connectivity index (χ3v) is 11.9. The highest BCUT2D eigenvalue weighted by atomic mass is 14.9. The van der Waals surface area contributed by atoms with E-state index in [1.54, 1.807) is 0 Å². The SMILES string of the molecule is CC1(C)c2ccccc2-c2ccc(-c3ccc(-c4cc(-c5ccc6c7ccccc7c7ccccc7c6c5)nc(-c5ccccc5)n4)c4ccccc34)cc21. The highest BCUT2D eigenvalue weighted by molar-refractivity contribution is 6.25. The van der Waals surface area contributed by atoms with Crippen LogP contribution in [0.1, 0.15) is 25.0 Å². The molecule has 0 unspecified atom stereocenters. The van der Waals surface area contributed by atoms with Crippen LogP contribution in [0.15, 0.2) is 182 Å². The van der Waals surface area contributed by atoms with Crippen molar-refractivity contribution in [3.8, 4) is 56.2 Å². The van der Waals surface area contributed by atoms with E-state index in [-0.39, 0.29) is 5.41 Å². The van der Waals surface area contributed by atoms with Gasteiger partial charge in [0.2, 0.25) is 0 Å². The van der Waals surface area contributed by atoms with Gasteiger partial charge in [0.15, 0.2) is 5.82 Å². The Hall–Kier alpha value is -6.90. The molecule has 0 N–H and O–H groups in total. The van der Waals surface area contributed by atoms with Gasteiger partial charge in [-0.05, 0) is 94.7 Å². The second-order valence-corrected chi connectivity index (χ2v) is 15.3. The van der Waals surface area contributed by atoms with Gasteiger partial charge in [-0.15, -0.1) is 0 Å². The molecule has 1 heterocycles. The summed E-state index contributed by atoms with van der Waals surface area (Å²) in [6.45, 7) is 4.69. The fourth-order valence-electron chi connectivity index (χ4n) is 9.16. The van der Waals surface area contributed by atoms with Crippen molar-refractivity contribution in [3.05, 3.63) is 193 Å². The monoisotopic (exact) mass is 700 g/mol. The Bertz CT molecular complexity index is 3140. The predicted molar refractivity (Wildman–Crippen MR) is 231 cm³/mol.